The topological polar surface area (TPSA) is 32.3 Å². The highest BCUT2D eigenvalue weighted by atomic mass is 16.2. The molecule has 0 radical (unpaired) electrons. The zero-order chi connectivity index (χ0) is 13.7. The normalized spacial score (nSPS) is 22.8. The van der Waals surface area contributed by atoms with E-state index < -0.39 is 0 Å². The van der Waals surface area contributed by atoms with Gasteiger partial charge in [-0.25, -0.2) is 0 Å². The highest BCUT2D eigenvalue weighted by Crippen LogP contribution is 2.26. The lowest BCUT2D eigenvalue weighted by Gasteiger charge is -2.36. The summed E-state index contributed by atoms with van der Waals surface area (Å²) < 4.78 is 0. The molecule has 0 spiro atoms. The van der Waals surface area contributed by atoms with Gasteiger partial charge in [-0.2, -0.15) is 0 Å². The highest BCUT2D eigenvalue weighted by molar-refractivity contribution is 5.79. The van der Waals surface area contributed by atoms with Crippen molar-refractivity contribution < 1.29 is 4.79 Å². The van der Waals surface area contributed by atoms with Crippen molar-refractivity contribution in [2.45, 2.75) is 52.4 Å². The van der Waals surface area contributed by atoms with Crippen molar-refractivity contribution in [1.82, 2.24) is 10.2 Å². The van der Waals surface area contributed by atoms with Crippen molar-refractivity contribution in [1.29, 1.82) is 0 Å². The molecule has 0 aromatic heterocycles. The Hall–Kier alpha value is -0.570. The third-order valence-electron chi connectivity index (χ3n) is 4.92. The first-order chi connectivity index (χ1) is 9.22. The van der Waals surface area contributed by atoms with E-state index in [1.165, 1.54) is 32.1 Å². The number of carbonyl (C=O) groups is 1. The number of carbonyl (C=O) groups excluding carboxylic acids is 1. The van der Waals surface area contributed by atoms with Crippen LogP contribution in [0, 0.1) is 17.8 Å². The third kappa shape index (κ3) is 3.95. The van der Waals surface area contributed by atoms with Gasteiger partial charge in [0.2, 0.25) is 5.91 Å². The van der Waals surface area contributed by atoms with E-state index in [0.717, 1.165) is 38.5 Å². The minimum Gasteiger partial charge on any atom is -0.342 e. The molecule has 1 atom stereocenters. The summed E-state index contributed by atoms with van der Waals surface area (Å²) in [5, 5.41) is 3.28. The highest BCUT2D eigenvalue weighted by Gasteiger charge is 2.32. The molecule has 1 N–H and O–H groups in total. The van der Waals surface area contributed by atoms with Crippen LogP contribution in [0.2, 0.25) is 0 Å². The van der Waals surface area contributed by atoms with Crippen LogP contribution in [0.5, 0.6) is 0 Å². The Bertz CT molecular complexity index is 282. The number of hydrogen-bond donors (Lipinski definition) is 1. The Morgan fingerprint density at radius 3 is 2.47 bits per heavy atom. The first kappa shape index (κ1) is 14.8. The lowest BCUT2D eigenvalue weighted by atomic mass is 9.86. The molecule has 1 unspecified atom stereocenters. The van der Waals surface area contributed by atoms with Crippen LogP contribution >= 0.6 is 0 Å². The predicted octanol–water partition coefficient (Wildman–Crippen LogP) is 2.66. The summed E-state index contributed by atoms with van der Waals surface area (Å²) in [6, 6.07) is 0. The van der Waals surface area contributed by atoms with Crippen LogP contribution in [0.4, 0.5) is 0 Å². The molecule has 1 saturated heterocycles. The predicted molar refractivity (Wildman–Crippen MR) is 79.0 cm³/mol. The van der Waals surface area contributed by atoms with Gasteiger partial charge in [0.1, 0.15) is 0 Å². The first-order valence-corrected chi connectivity index (χ1v) is 8.22. The fourth-order valence-corrected chi connectivity index (χ4v) is 3.40. The molecule has 2 fully saturated rings. The molecule has 1 heterocycles. The second-order valence-electron chi connectivity index (χ2n) is 6.50. The summed E-state index contributed by atoms with van der Waals surface area (Å²) in [4.78, 5) is 14.8. The standard InChI is InChI=1S/C16H30N2O/c1-3-9-18(12-14-7-5-4-6-8-14)16(19)13(2)15-10-17-11-15/h13-15,17H,3-12H2,1-2H3. The fourth-order valence-electron chi connectivity index (χ4n) is 3.40. The van der Waals surface area contributed by atoms with Gasteiger partial charge in [-0.1, -0.05) is 33.1 Å². The van der Waals surface area contributed by atoms with E-state index in [0.29, 0.717) is 11.8 Å². The van der Waals surface area contributed by atoms with Crippen LogP contribution in [0.3, 0.4) is 0 Å². The summed E-state index contributed by atoms with van der Waals surface area (Å²) in [7, 11) is 0. The van der Waals surface area contributed by atoms with E-state index >= 15 is 0 Å². The Morgan fingerprint density at radius 1 is 1.26 bits per heavy atom. The molecule has 1 aliphatic carbocycles. The first-order valence-electron chi connectivity index (χ1n) is 8.22. The van der Waals surface area contributed by atoms with Crippen molar-refractivity contribution in [3.05, 3.63) is 0 Å². The van der Waals surface area contributed by atoms with Gasteiger partial charge in [0, 0.05) is 19.0 Å². The molecule has 2 aliphatic rings. The van der Waals surface area contributed by atoms with E-state index in [1.54, 1.807) is 0 Å². The average molecular weight is 266 g/mol. The molecule has 3 heteroatoms. The van der Waals surface area contributed by atoms with Crippen molar-refractivity contribution in [3.8, 4) is 0 Å². The van der Waals surface area contributed by atoms with Gasteiger partial charge >= 0.3 is 0 Å². The smallest absolute Gasteiger partial charge is 0.225 e. The van der Waals surface area contributed by atoms with Crippen molar-refractivity contribution >= 4 is 5.91 Å². The number of nitrogens with zero attached hydrogens (tertiary/aromatic N) is 1. The molecular weight excluding hydrogens is 236 g/mol. The van der Waals surface area contributed by atoms with Crippen molar-refractivity contribution in [3.63, 3.8) is 0 Å². The number of rotatable bonds is 6. The van der Waals surface area contributed by atoms with E-state index in [9.17, 15) is 4.79 Å². The lowest BCUT2D eigenvalue weighted by molar-refractivity contribution is -0.138. The molecule has 19 heavy (non-hydrogen) atoms. The zero-order valence-corrected chi connectivity index (χ0v) is 12.7. The Balaban J connectivity index is 1.87. The van der Waals surface area contributed by atoms with Gasteiger partial charge in [0.15, 0.2) is 0 Å². The molecule has 3 nitrogen and oxygen atoms in total. The molecular formula is C16H30N2O. The van der Waals surface area contributed by atoms with Crippen LogP contribution < -0.4 is 5.32 Å². The van der Waals surface area contributed by atoms with Crippen molar-refractivity contribution in [2.24, 2.45) is 17.8 Å². The quantitative estimate of drug-likeness (QED) is 0.801. The lowest BCUT2D eigenvalue weighted by Crippen LogP contribution is -2.51. The average Bonchev–Trinajstić information content (AvgIpc) is 2.36. The van der Waals surface area contributed by atoms with Gasteiger partial charge in [-0.05, 0) is 44.2 Å². The second kappa shape index (κ2) is 7.28. The van der Waals surface area contributed by atoms with Gasteiger partial charge in [0.25, 0.3) is 0 Å². The van der Waals surface area contributed by atoms with Crippen LogP contribution in [0.15, 0.2) is 0 Å². The van der Waals surface area contributed by atoms with E-state index in [4.69, 9.17) is 0 Å². The van der Waals surface area contributed by atoms with E-state index in [2.05, 4.69) is 24.1 Å². The summed E-state index contributed by atoms with van der Waals surface area (Å²) in [5.74, 6) is 1.93. The maximum atomic E-state index is 12.6. The molecule has 110 valence electrons. The van der Waals surface area contributed by atoms with Gasteiger partial charge in [0.05, 0.1) is 0 Å². The monoisotopic (exact) mass is 266 g/mol. The third-order valence-corrected chi connectivity index (χ3v) is 4.92. The zero-order valence-electron chi connectivity index (χ0n) is 12.7. The van der Waals surface area contributed by atoms with Crippen LogP contribution in [-0.4, -0.2) is 37.0 Å². The minimum absolute atomic E-state index is 0.205. The fraction of sp³-hybridized carbons (Fsp3) is 0.938. The van der Waals surface area contributed by atoms with E-state index in [1.807, 2.05) is 0 Å². The number of nitrogens with one attached hydrogen (secondary N) is 1. The Labute approximate surface area is 118 Å². The summed E-state index contributed by atoms with van der Waals surface area (Å²) >= 11 is 0. The Kier molecular flexibility index (Phi) is 5.68. The Morgan fingerprint density at radius 2 is 1.95 bits per heavy atom. The number of hydrogen-bond acceptors (Lipinski definition) is 2. The molecule has 1 amide bonds. The molecule has 1 aliphatic heterocycles. The molecule has 0 aromatic rings. The molecule has 0 aromatic carbocycles. The summed E-state index contributed by atoms with van der Waals surface area (Å²) in [6.45, 7) is 8.30. The summed E-state index contributed by atoms with van der Waals surface area (Å²) in [6.07, 6.45) is 7.85. The maximum absolute atomic E-state index is 12.6. The van der Waals surface area contributed by atoms with Crippen LogP contribution in [-0.2, 0) is 4.79 Å². The van der Waals surface area contributed by atoms with E-state index in [-0.39, 0.29) is 5.92 Å². The second-order valence-corrected chi connectivity index (χ2v) is 6.50. The molecule has 2 rings (SSSR count). The van der Waals surface area contributed by atoms with Gasteiger partial charge in [-0.15, -0.1) is 0 Å². The SMILES string of the molecule is CCCN(CC1CCCCC1)C(=O)C(C)C1CNC1. The summed E-state index contributed by atoms with van der Waals surface area (Å²) in [5.41, 5.74) is 0. The van der Waals surface area contributed by atoms with Gasteiger partial charge in [-0.3, -0.25) is 4.79 Å². The van der Waals surface area contributed by atoms with Crippen LogP contribution in [0.25, 0.3) is 0 Å². The van der Waals surface area contributed by atoms with Gasteiger partial charge < -0.3 is 10.2 Å². The van der Waals surface area contributed by atoms with Crippen LogP contribution in [0.1, 0.15) is 52.4 Å². The largest absolute Gasteiger partial charge is 0.342 e. The molecule has 0 bridgehead atoms. The maximum Gasteiger partial charge on any atom is 0.225 e. The van der Waals surface area contributed by atoms with Crippen molar-refractivity contribution in [2.75, 3.05) is 26.2 Å². The molecule has 1 saturated carbocycles. The minimum atomic E-state index is 0.205. The number of amides is 1.